The number of aliphatic carboxylic acids is 1. The smallest absolute Gasteiger partial charge is 0.326 e. The number of carbonyl (C=O) groups excluding carboxylic acids is 5. The number of imidazole rings is 1. The zero-order valence-corrected chi connectivity index (χ0v) is 32.9. The molecule has 0 aliphatic carbocycles. The van der Waals surface area contributed by atoms with Crippen molar-refractivity contribution in [1.82, 2.24) is 41.9 Å². The maximum absolute atomic E-state index is 14.1. The molecule has 20 heteroatoms. The zero-order chi connectivity index (χ0) is 42.3. The summed E-state index contributed by atoms with van der Waals surface area (Å²) in [5.41, 5.74) is 23.4. The largest absolute Gasteiger partial charge is 0.480 e. The van der Waals surface area contributed by atoms with E-state index in [-0.39, 0.29) is 56.9 Å². The van der Waals surface area contributed by atoms with Crippen molar-refractivity contribution in [1.29, 1.82) is 0 Å². The van der Waals surface area contributed by atoms with Crippen LogP contribution in [0.1, 0.15) is 75.5 Å². The van der Waals surface area contributed by atoms with E-state index in [2.05, 4.69) is 46.9 Å². The van der Waals surface area contributed by atoms with Gasteiger partial charge in [0.1, 0.15) is 30.2 Å². The summed E-state index contributed by atoms with van der Waals surface area (Å²) in [4.78, 5) is 91.7. The van der Waals surface area contributed by atoms with Gasteiger partial charge in [0.15, 0.2) is 5.96 Å². The third kappa shape index (κ3) is 16.9. The van der Waals surface area contributed by atoms with Crippen LogP contribution in [-0.4, -0.2) is 119 Å². The van der Waals surface area contributed by atoms with Crippen molar-refractivity contribution in [3.05, 3.63) is 54.1 Å². The minimum Gasteiger partial charge on any atom is -0.480 e. The Balaban J connectivity index is 1.84. The molecule has 320 valence electrons. The van der Waals surface area contributed by atoms with E-state index in [1.807, 2.05) is 0 Å². The molecule has 3 rings (SSSR count). The molecule has 58 heavy (non-hydrogen) atoms. The second-order valence-electron chi connectivity index (χ2n) is 14.3. The Bertz CT molecular complexity index is 1620. The predicted octanol–water partition coefficient (Wildman–Crippen LogP) is -2.23. The molecule has 0 unspecified atom stereocenters. The Kier molecular flexibility index (Phi) is 20.7. The van der Waals surface area contributed by atoms with Crippen LogP contribution in [0.25, 0.3) is 0 Å². The number of nitrogens with two attached hydrogens (primary N) is 4. The van der Waals surface area contributed by atoms with Crippen LogP contribution in [0.3, 0.4) is 0 Å². The fourth-order valence-corrected chi connectivity index (χ4v) is 6.44. The van der Waals surface area contributed by atoms with Gasteiger partial charge in [-0.25, -0.2) is 9.78 Å². The first-order valence-electron chi connectivity index (χ1n) is 19.9. The van der Waals surface area contributed by atoms with Crippen molar-refractivity contribution in [3.8, 4) is 0 Å². The highest BCUT2D eigenvalue weighted by Crippen LogP contribution is 2.11. The molecule has 6 atom stereocenters. The number of carbonyl (C=O) groups is 6. The lowest BCUT2D eigenvalue weighted by molar-refractivity contribution is -0.142. The Labute approximate surface area is 338 Å². The second-order valence-corrected chi connectivity index (χ2v) is 14.3. The molecule has 0 spiro atoms. The number of aromatic nitrogens is 2. The Morgan fingerprint density at radius 3 is 1.81 bits per heavy atom. The van der Waals surface area contributed by atoms with E-state index in [1.165, 1.54) is 6.33 Å². The van der Waals surface area contributed by atoms with Crippen LogP contribution >= 0.6 is 0 Å². The van der Waals surface area contributed by atoms with Crippen LogP contribution in [0, 0.1) is 0 Å². The number of benzene rings is 1. The third-order valence-corrected chi connectivity index (χ3v) is 9.62. The molecule has 1 aromatic heterocycles. The summed E-state index contributed by atoms with van der Waals surface area (Å²) in [6, 6.07) is 2.59. The van der Waals surface area contributed by atoms with E-state index in [9.17, 15) is 33.9 Å². The summed E-state index contributed by atoms with van der Waals surface area (Å²) in [7, 11) is 0. The first-order valence-corrected chi connectivity index (χ1v) is 19.9. The highest BCUT2D eigenvalue weighted by atomic mass is 16.4. The highest BCUT2D eigenvalue weighted by Gasteiger charge is 2.33. The minimum absolute atomic E-state index is 0.0223. The molecule has 1 fully saturated rings. The normalized spacial score (nSPS) is 16.1. The molecule has 1 aliphatic rings. The van der Waals surface area contributed by atoms with Gasteiger partial charge in [-0.05, 0) is 89.4 Å². The van der Waals surface area contributed by atoms with Crippen molar-refractivity contribution in [2.45, 2.75) is 113 Å². The Morgan fingerprint density at radius 1 is 0.741 bits per heavy atom. The van der Waals surface area contributed by atoms with Crippen molar-refractivity contribution in [3.63, 3.8) is 0 Å². The molecule has 2 aromatic rings. The topological polar surface area (TPSA) is 340 Å². The lowest BCUT2D eigenvalue weighted by atomic mass is 10.0. The lowest BCUT2D eigenvalue weighted by Gasteiger charge is -2.27. The molecule has 16 N–H and O–H groups in total. The summed E-state index contributed by atoms with van der Waals surface area (Å²) in [6.07, 6.45) is 7.14. The van der Waals surface area contributed by atoms with Gasteiger partial charge in [-0.15, -0.1) is 0 Å². The number of aliphatic imine (C=N–C) groups is 1. The second kappa shape index (κ2) is 25.6. The van der Waals surface area contributed by atoms with Gasteiger partial charge in [0.2, 0.25) is 29.5 Å². The maximum Gasteiger partial charge on any atom is 0.326 e. The number of unbranched alkanes of at least 4 members (excludes halogenated alkanes) is 2. The molecule has 5 amide bonds. The first-order chi connectivity index (χ1) is 27.9. The van der Waals surface area contributed by atoms with Crippen LogP contribution in [0.5, 0.6) is 0 Å². The standard InChI is InChI=1S/C38H61N13O7/c39-16-6-4-12-27(33(53)49-29(37(57)58)15-9-19-45-38(41)42)47-35(55)30(20-24-10-2-1-3-11-24)50-34(54)28(13-5-7-17-40)48-36(56)31(21-25-22-43-23-46-25)51-32(52)26-14-8-18-44-26/h1-3,10-11,22-23,26-31,44H,4-9,12-21,39-40H2,(H,43,46)(H,47,55)(H,48,56)(H,49,53)(H,50,54)(H,51,52)(H,57,58)(H4,41,42,45)/t26-,27-,28-,29-,30-,31-/m0/s1. The van der Waals surface area contributed by atoms with Crippen LogP contribution in [-0.2, 0) is 41.6 Å². The molecule has 0 saturated carbocycles. The number of rotatable bonds is 27. The number of carboxylic acid groups (broad SMARTS) is 1. The summed E-state index contributed by atoms with van der Waals surface area (Å²) in [5, 5.41) is 26.6. The van der Waals surface area contributed by atoms with E-state index in [0.717, 1.165) is 6.42 Å². The van der Waals surface area contributed by atoms with Crippen molar-refractivity contribution >= 4 is 41.5 Å². The van der Waals surface area contributed by atoms with Gasteiger partial charge in [-0.2, -0.15) is 0 Å². The molecular weight excluding hydrogens is 751 g/mol. The number of carboxylic acids is 1. The molecule has 0 bridgehead atoms. The molecule has 1 saturated heterocycles. The maximum atomic E-state index is 14.1. The van der Waals surface area contributed by atoms with Crippen LogP contribution in [0.15, 0.2) is 47.8 Å². The van der Waals surface area contributed by atoms with Crippen molar-refractivity contribution in [2.75, 3.05) is 26.2 Å². The fourth-order valence-electron chi connectivity index (χ4n) is 6.44. The number of amides is 5. The number of H-pyrrole nitrogens is 1. The average Bonchev–Trinajstić information content (AvgIpc) is 3.93. The van der Waals surface area contributed by atoms with E-state index < -0.39 is 65.8 Å². The van der Waals surface area contributed by atoms with Crippen LogP contribution < -0.4 is 54.8 Å². The summed E-state index contributed by atoms with van der Waals surface area (Å²) >= 11 is 0. The van der Waals surface area contributed by atoms with Gasteiger partial charge in [0.05, 0.1) is 12.4 Å². The molecule has 1 aromatic carbocycles. The molecule has 0 radical (unpaired) electrons. The van der Waals surface area contributed by atoms with Gasteiger partial charge in [0.25, 0.3) is 0 Å². The van der Waals surface area contributed by atoms with Crippen molar-refractivity contribution < 1.29 is 33.9 Å². The Morgan fingerprint density at radius 2 is 1.29 bits per heavy atom. The number of aromatic amines is 1. The summed E-state index contributed by atoms with van der Waals surface area (Å²) in [6.45, 7) is 1.52. The lowest BCUT2D eigenvalue weighted by Crippen LogP contribution is -2.60. The predicted molar refractivity (Wildman–Crippen MR) is 216 cm³/mol. The van der Waals surface area contributed by atoms with E-state index in [0.29, 0.717) is 63.0 Å². The number of nitrogens with zero attached hydrogens (tertiary/aromatic N) is 2. The molecule has 20 nitrogen and oxygen atoms in total. The molecular formula is C38H61N13O7. The van der Waals surface area contributed by atoms with Gasteiger partial charge >= 0.3 is 5.97 Å². The highest BCUT2D eigenvalue weighted by molar-refractivity contribution is 5.96. The quantitative estimate of drug-likeness (QED) is 0.0259. The minimum atomic E-state index is -1.29. The summed E-state index contributed by atoms with van der Waals surface area (Å²) < 4.78 is 0. The fraction of sp³-hybridized carbons (Fsp3) is 0.579. The average molecular weight is 812 g/mol. The summed E-state index contributed by atoms with van der Waals surface area (Å²) in [5.74, 6) is -4.47. The molecule has 1 aliphatic heterocycles. The van der Waals surface area contributed by atoms with E-state index in [4.69, 9.17) is 22.9 Å². The van der Waals surface area contributed by atoms with Crippen LogP contribution in [0.4, 0.5) is 0 Å². The monoisotopic (exact) mass is 811 g/mol. The molecule has 2 heterocycles. The van der Waals surface area contributed by atoms with E-state index in [1.54, 1.807) is 36.5 Å². The van der Waals surface area contributed by atoms with Gasteiger partial charge < -0.3 is 64.9 Å². The first kappa shape index (κ1) is 46.8. The zero-order valence-electron chi connectivity index (χ0n) is 32.9. The SMILES string of the molecule is NCCCC[C@H](NC(=O)[C@H](Cc1ccccc1)NC(=O)[C@H](CCCCN)NC(=O)[C@H](Cc1cnc[nH]1)NC(=O)[C@@H]1CCCN1)C(=O)N[C@@H](CCCN=C(N)N)C(=O)O. The number of nitrogens with one attached hydrogen (secondary N) is 7. The Hall–Kier alpha value is -5.60. The van der Waals surface area contributed by atoms with Crippen LogP contribution in [0.2, 0.25) is 0 Å². The van der Waals surface area contributed by atoms with Gasteiger partial charge in [0, 0.05) is 31.3 Å². The van der Waals surface area contributed by atoms with E-state index >= 15 is 0 Å². The third-order valence-electron chi connectivity index (χ3n) is 9.62. The number of hydrogen-bond acceptors (Lipinski definition) is 11. The number of hydrogen-bond donors (Lipinski definition) is 12. The van der Waals surface area contributed by atoms with Crippen molar-refractivity contribution in [2.24, 2.45) is 27.9 Å². The van der Waals surface area contributed by atoms with Gasteiger partial charge in [-0.1, -0.05) is 30.3 Å². The van der Waals surface area contributed by atoms with Gasteiger partial charge in [-0.3, -0.25) is 29.0 Å². The number of guanidine groups is 1.